The maximum atomic E-state index is 12.5. The molecule has 4 nitrogen and oxygen atoms in total. The number of piperidine rings is 1. The number of carbonyl (C=O) groups is 1. The summed E-state index contributed by atoms with van der Waals surface area (Å²) < 4.78 is 5.86. The number of ether oxygens (including phenoxy) is 1. The molecular weight excluding hydrogens is 324 g/mol. The molecule has 2 aromatic rings. The van der Waals surface area contributed by atoms with Gasteiger partial charge in [0.1, 0.15) is 0 Å². The Bertz CT molecular complexity index is 722. The number of likely N-dealkylation sites (tertiary alicyclic amines) is 1. The molecule has 138 valence electrons. The minimum atomic E-state index is -0.00286. The van der Waals surface area contributed by atoms with Crippen LogP contribution in [0.4, 0.5) is 10.5 Å². The SMILES string of the molecule is Cc1ccc(NC(=O)N2CCC(COCc3ccccc3)CC2)cc1C. The predicted octanol–water partition coefficient (Wildman–Crippen LogP) is 4.76. The monoisotopic (exact) mass is 352 g/mol. The van der Waals surface area contributed by atoms with Crippen molar-refractivity contribution in [3.8, 4) is 0 Å². The Morgan fingerprint density at radius 1 is 1.08 bits per heavy atom. The molecule has 3 rings (SSSR count). The average Bonchev–Trinajstić information content (AvgIpc) is 2.66. The Hall–Kier alpha value is -2.33. The van der Waals surface area contributed by atoms with Crippen LogP contribution in [0.15, 0.2) is 48.5 Å². The Labute approximate surface area is 156 Å². The molecule has 2 amide bonds. The number of aryl methyl sites for hydroxylation is 2. The van der Waals surface area contributed by atoms with Gasteiger partial charge in [-0.3, -0.25) is 0 Å². The van der Waals surface area contributed by atoms with Gasteiger partial charge in [0, 0.05) is 25.4 Å². The largest absolute Gasteiger partial charge is 0.376 e. The molecule has 2 aromatic carbocycles. The van der Waals surface area contributed by atoms with E-state index in [0.29, 0.717) is 12.5 Å². The van der Waals surface area contributed by atoms with Crippen LogP contribution in [0, 0.1) is 19.8 Å². The summed E-state index contributed by atoms with van der Waals surface area (Å²) in [5, 5.41) is 3.01. The summed E-state index contributed by atoms with van der Waals surface area (Å²) in [5.74, 6) is 0.532. The highest BCUT2D eigenvalue weighted by Gasteiger charge is 2.23. The van der Waals surface area contributed by atoms with E-state index in [1.807, 2.05) is 41.3 Å². The molecule has 1 fully saturated rings. The van der Waals surface area contributed by atoms with Crippen LogP contribution in [0.5, 0.6) is 0 Å². The van der Waals surface area contributed by atoms with Gasteiger partial charge in [-0.25, -0.2) is 4.79 Å². The lowest BCUT2D eigenvalue weighted by Crippen LogP contribution is -2.41. The van der Waals surface area contributed by atoms with Gasteiger partial charge in [0.2, 0.25) is 0 Å². The van der Waals surface area contributed by atoms with Crippen molar-refractivity contribution in [2.45, 2.75) is 33.3 Å². The lowest BCUT2D eigenvalue weighted by molar-refractivity contribution is 0.0640. The van der Waals surface area contributed by atoms with Crippen molar-refractivity contribution in [1.82, 2.24) is 4.90 Å². The second-order valence-corrected chi connectivity index (χ2v) is 7.16. The molecule has 0 saturated carbocycles. The van der Waals surface area contributed by atoms with Gasteiger partial charge >= 0.3 is 6.03 Å². The molecule has 0 spiro atoms. The quantitative estimate of drug-likeness (QED) is 0.842. The Morgan fingerprint density at radius 3 is 2.50 bits per heavy atom. The average molecular weight is 352 g/mol. The molecule has 0 radical (unpaired) electrons. The number of nitrogens with zero attached hydrogens (tertiary/aromatic N) is 1. The van der Waals surface area contributed by atoms with Crippen LogP contribution in [0.3, 0.4) is 0 Å². The molecule has 1 aliphatic rings. The zero-order valence-electron chi connectivity index (χ0n) is 15.7. The van der Waals surface area contributed by atoms with E-state index in [1.54, 1.807) is 0 Å². The van der Waals surface area contributed by atoms with Gasteiger partial charge in [0.25, 0.3) is 0 Å². The van der Waals surface area contributed by atoms with Crippen molar-refractivity contribution in [1.29, 1.82) is 0 Å². The minimum absolute atomic E-state index is 0.00286. The first-order valence-electron chi connectivity index (χ1n) is 9.36. The van der Waals surface area contributed by atoms with Crippen LogP contribution < -0.4 is 5.32 Å². The van der Waals surface area contributed by atoms with Crippen molar-refractivity contribution < 1.29 is 9.53 Å². The number of amides is 2. The number of nitrogens with one attached hydrogen (secondary N) is 1. The van der Waals surface area contributed by atoms with Crippen LogP contribution in [-0.2, 0) is 11.3 Å². The summed E-state index contributed by atoms with van der Waals surface area (Å²) in [4.78, 5) is 14.4. The smallest absolute Gasteiger partial charge is 0.321 e. The second-order valence-electron chi connectivity index (χ2n) is 7.16. The number of urea groups is 1. The summed E-state index contributed by atoms with van der Waals surface area (Å²) in [6, 6.07) is 16.3. The highest BCUT2D eigenvalue weighted by molar-refractivity contribution is 5.89. The lowest BCUT2D eigenvalue weighted by Gasteiger charge is -2.32. The molecule has 1 heterocycles. The molecule has 0 aliphatic carbocycles. The molecule has 1 N–H and O–H groups in total. The summed E-state index contributed by atoms with van der Waals surface area (Å²) >= 11 is 0. The van der Waals surface area contributed by atoms with E-state index in [-0.39, 0.29) is 6.03 Å². The summed E-state index contributed by atoms with van der Waals surface area (Å²) in [5.41, 5.74) is 4.50. The second kappa shape index (κ2) is 8.86. The van der Waals surface area contributed by atoms with Crippen LogP contribution >= 0.6 is 0 Å². The number of anilines is 1. The third-order valence-corrected chi connectivity index (χ3v) is 5.13. The fraction of sp³-hybridized carbons (Fsp3) is 0.409. The van der Waals surface area contributed by atoms with Crippen molar-refractivity contribution in [2.24, 2.45) is 5.92 Å². The minimum Gasteiger partial charge on any atom is -0.376 e. The van der Waals surface area contributed by atoms with Gasteiger partial charge in [-0.1, -0.05) is 36.4 Å². The maximum Gasteiger partial charge on any atom is 0.321 e. The first-order chi connectivity index (χ1) is 12.6. The summed E-state index contributed by atoms with van der Waals surface area (Å²) in [6.45, 7) is 7.14. The normalized spacial score (nSPS) is 15.1. The van der Waals surface area contributed by atoms with E-state index in [4.69, 9.17) is 4.74 Å². The first-order valence-corrected chi connectivity index (χ1v) is 9.36. The molecule has 0 aromatic heterocycles. The van der Waals surface area contributed by atoms with Gasteiger partial charge in [0.15, 0.2) is 0 Å². The van der Waals surface area contributed by atoms with Gasteiger partial charge < -0.3 is 15.0 Å². The molecule has 1 aliphatic heterocycles. The highest BCUT2D eigenvalue weighted by atomic mass is 16.5. The predicted molar refractivity (Wildman–Crippen MR) is 105 cm³/mol. The zero-order valence-corrected chi connectivity index (χ0v) is 15.7. The molecule has 26 heavy (non-hydrogen) atoms. The number of carbonyl (C=O) groups excluding carboxylic acids is 1. The molecule has 0 atom stereocenters. The van der Waals surface area contributed by atoms with Gasteiger partial charge in [-0.15, -0.1) is 0 Å². The Balaban J connectivity index is 1.40. The number of benzene rings is 2. The number of rotatable bonds is 5. The van der Waals surface area contributed by atoms with E-state index < -0.39 is 0 Å². The summed E-state index contributed by atoms with van der Waals surface area (Å²) in [6.07, 6.45) is 1.99. The third kappa shape index (κ3) is 5.09. The van der Waals surface area contributed by atoms with E-state index in [1.165, 1.54) is 16.7 Å². The third-order valence-electron chi connectivity index (χ3n) is 5.13. The molecular formula is C22H28N2O2. The lowest BCUT2D eigenvalue weighted by atomic mass is 9.98. The van der Waals surface area contributed by atoms with Crippen molar-refractivity contribution in [3.63, 3.8) is 0 Å². The van der Waals surface area contributed by atoms with E-state index in [2.05, 4.69) is 31.3 Å². The highest BCUT2D eigenvalue weighted by Crippen LogP contribution is 2.20. The van der Waals surface area contributed by atoms with Crippen molar-refractivity contribution in [3.05, 3.63) is 65.2 Å². The molecule has 0 unspecified atom stereocenters. The van der Waals surface area contributed by atoms with Gasteiger partial charge in [0.05, 0.1) is 6.61 Å². The molecule has 0 bridgehead atoms. The van der Waals surface area contributed by atoms with Gasteiger partial charge in [-0.05, 0) is 61.4 Å². The number of hydrogen-bond donors (Lipinski definition) is 1. The van der Waals surface area contributed by atoms with Crippen LogP contribution in [0.25, 0.3) is 0 Å². The number of hydrogen-bond acceptors (Lipinski definition) is 2. The first kappa shape index (κ1) is 18.5. The van der Waals surface area contributed by atoms with Crippen LogP contribution in [0.2, 0.25) is 0 Å². The molecule has 1 saturated heterocycles. The van der Waals surface area contributed by atoms with Crippen molar-refractivity contribution in [2.75, 3.05) is 25.0 Å². The van der Waals surface area contributed by atoms with Crippen molar-refractivity contribution >= 4 is 11.7 Å². The topological polar surface area (TPSA) is 41.6 Å². The molecule has 4 heteroatoms. The van der Waals surface area contributed by atoms with Crippen LogP contribution in [0.1, 0.15) is 29.5 Å². The Morgan fingerprint density at radius 2 is 1.81 bits per heavy atom. The summed E-state index contributed by atoms with van der Waals surface area (Å²) in [7, 11) is 0. The van der Waals surface area contributed by atoms with E-state index >= 15 is 0 Å². The van der Waals surface area contributed by atoms with Gasteiger partial charge in [-0.2, -0.15) is 0 Å². The standard InChI is InChI=1S/C22H28N2O2/c1-17-8-9-21(14-18(17)2)23-22(25)24-12-10-20(11-13-24)16-26-15-19-6-4-3-5-7-19/h3-9,14,20H,10-13,15-16H2,1-2H3,(H,23,25). The fourth-order valence-electron chi connectivity index (χ4n) is 3.24. The zero-order chi connectivity index (χ0) is 18.4. The van der Waals surface area contributed by atoms with Crippen LogP contribution in [-0.4, -0.2) is 30.6 Å². The Kier molecular flexibility index (Phi) is 6.29. The fourth-order valence-corrected chi connectivity index (χ4v) is 3.24. The van der Waals surface area contributed by atoms with E-state index in [9.17, 15) is 4.79 Å². The van der Waals surface area contributed by atoms with E-state index in [0.717, 1.165) is 38.2 Å². The maximum absolute atomic E-state index is 12.5.